The largest absolute Gasteiger partial charge is 0.444 e. The maximum Gasteiger partial charge on any atom is 0.410 e. The van der Waals surface area contributed by atoms with Crippen LogP contribution in [-0.2, 0) is 9.53 Å². The highest BCUT2D eigenvalue weighted by Gasteiger charge is 2.28. The van der Waals surface area contributed by atoms with E-state index < -0.39 is 5.60 Å². The molecule has 2 N–H and O–H groups in total. The lowest BCUT2D eigenvalue weighted by Gasteiger charge is -2.34. The van der Waals surface area contributed by atoms with Crippen LogP contribution < -0.4 is 10.6 Å². The summed E-state index contributed by atoms with van der Waals surface area (Å²) in [6.45, 7) is 13.7. The van der Waals surface area contributed by atoms with Gasteiger partial charge in [0.05, 0.1) is 6.04 Å². The van der Waals surface area contributed by atoms with Gasteiger partial charge < -0.3 is 20.3 Å². The van der Waals surface area contributed by atoms with Gasteiger partial charge >= 0.3 is 6.09 Å². The molecule has 0 bridgehead atoms. The summed E-state index contributed by atoms with van der Waals surface area (Å²) in [5, 5.41) is 6.30. The van der Waals surface area contributed by atoms with E-state index >= 15 is 0 Å². The van der Waals surface area contributed by atoms with E-state index in [0.717, 1.165) is 12.8 Å². The fourth-order valence-corrected chi connectivity index (χ4v) is 2.44. The standard InChI is InChI=1S/C17H33N3O3/c1-12(2)11-18-15(21)13(3)19-14-7-9-20(10-8-14)16(22)23-17(4,5)6/h12-14,19H,7-11H2,1-6H3,(H,18,21). The molecular formula is C17H33N3O3. The molecule has 134 valence electrons. The molecule has 1 aliphatic heterocycles. The Labute approximate surface area is 140 Å². The van der Waals surface area contributed by atoms with Crippen molar-refractivity contribution in [2.75, 3.05) is 19.6 Å². The lowest BCUT2D eigenvalue weighted by atomic mass is 10.0. The van der Waals surface area contributed by atoms with Gasteiger partial charge in [0.15, 0.2) is 0 Å². The van der Waals surface area contributed by atoms with Gasteiger partial charge in [-0.25, -0.2) is 4.79 Å². The summed E-state index contributed by atoms with van der Waals surface area (Å²) in [6, 6.07) is 0.0420. The first kappa shape index (κ1) is 19.7. The number of carbonyl (C=O) groups is 2. The first-order valence-electron chi connectivity index (χ1n) is 8.60. The third kappa shape index (κ3) is 7.68. The van der Waals surface area contributed by atoms with Gasteiger partial charge in [0, 0.05) is 25.7 Å². The third-order valence-corrected chi connectivity index (χ3v) is 3.71. The minimum atomic E-state index is -0.463. The number of nitrogens with zero attached hydrogens (tertiary/aromatic N) is 1. The molecule has 2 amide bonds. The van der Waals surface area contributed by atoms with Gasteiger partial charge in [-0.15, -0.1) is 0 Å². The number of likely N-dealkylation sites (tertiary alicyclic amines) is 1. The number of hydrogen-bond donors (Lipinski definition) is 2. The summed E-state index contributed by atoms with van der Waals surface area (Å²) in [5.74, 6) is 0.483. The van der Waals surface area contributed by atoms with Gasteiger partial charge in [0.1, 0.15) is 5.60 Å². The molecule has 1 heterocycles. The third-order valence-electron chi connectivity index (χ3n) is 3.71. The van der Waals surface area contributed by atoms with Crippen molar-refractivity contribution >= 4 is 12.0 Å². The van der Waals surface area contributed by atoms with Gasteiger partial charge in [-0.05, 0) is 46.5 Å². The molecule has 0 aromatic rings. The van der Waals surface area contributed by atoms with Gasteiger partial charge in [-0.3, -0.25) is 4.79 Å². The second-order valence-electron chi connectivity index (χ2n) is 7.77. The zero-order valence-electron chi connectivity index (χ0n) is 15.4. The molecule has 0 radical (unpaired) electrons. The predicted octanol–water partition coefficient (Wildman–Crippen LogP) is 2.14. The molecule has 1 unspecified atom stereocenters. The highest BCUT2D eigenvalue weighted by Crippen LogP contribution is 2.15. The molecule has 23 heavy (non-hydrogen) atoms. The van der Waals surface area contributed by atoms with E-state index in [-0.39, 0.29) is 24.1 Å². The number of hydrogen-bond acceptors (Lipinski definition) is 4. The summed E-state index contributed by atoms with van der Waals surface area (Å²) < 4.78 is 5.39. The number of rotatable bonds is 5. The van der Waals surface area contributed by atoms with Crippen LogP contribution in [0.2, 0.25) is 0 Å². The van der Waals surface area contributed by atoms with E-state index in [9.17, 15) is 9.59 Å². The zero-order valence-corrected chi connectivity index (χ0v) is 15.4. The van der Waals surface area contributed by atoms with Crippen LogP contribution in [0.4, 0.5) is 4.79 Å². The molecule has 6 heteroatoms. The van der Waals surface area contributed by atoms with Gasteiger partial charge in [0.2, 0.25) is 5.91 Å². The van der Waals surface area contributed by atoms with Crippen molar-refractivity contribution in [1.82, 2.24) is 15.5 Å². The Morgan fingerprint density at radius 2 is 1.74 bits per heavy atom. The van der Waals surface area contributed by atoms with Crippen molar-refractivity contribution in [3.05, 3.63) is 0 Å². The number of amides is 2. The molecule has 0 saturated carbocycles. The van der Waals surface area contributed by atoms with E-state index in [0.29, 0.717) is 25.6 Å². The summed E-state index contributed by atoms with van der Waals surface area (Å²) in [7, 11) is 0. The van der Waals surface area contributed by atoms with E-state index in [1.54, 1.807) is 4.90 Å². The molecule has 1 saturated heterocycles. The van der Waals surface area contributed by atoms with Crippen molar-refractivity contribution < 1.29 is 14.3 Å². The van der Waals surface area contributed by atoms with Crippen molar-refractivity contribution in [1.29, 1.82) is 0 Å². The molecule has 1 aliphatic rings. The maximum absolute atomic E-state index is 12.0. The van der Waals surface area contributed by atoms with E-state index in [1.165, 1.54) is 0 Å². The van der Waals surface area contributed by atoms with Gasteiger partial charge in [0.25, 0.3) is 0 Å². The summed E-state index contributed by atoms with van der Waals surface area (Å²) in [5.41, 5.74) is -0.463. The quantitative estimate of drug-likeness (QED) is 0.811. The fourth-order valence-electron chi connectivity index (χ4n) is 2.44. The molecular weight excluding hydrogens is 294 g/mol. The minimum Gasteiger partial charge on any atom is -0.444 e. The molecule has 6 nitrogen and oxygen atoms in total. The number of piperidine rings is 1. The Morgan fingerprint density at radius 1 is 1.17 bits per heavy atom. The van der Waals surface area contributed by atoms with Crippen LogP contribution in [0, 0.1) is 5.92 Å². The van der Waals surface area contributed by atoms with Crippen LogP contribution in [0.25, 0.3) is 0 Å². The zero-order chi connectivity index (χ0) is 17.6. The summed E-state index contributed by atoms with van der Waals surface area (Å²) >= 11 is 0. The smallest absolute Gasteiger partial charge is 0.410 e. The predicted molar refractivity (Wildman–Crippen MR) is 91.3 cm³/mol. The Balaban J connectivity index is 2.33. The Hall–Kier alpha value is -1.30. The van der Waals surface area contributed by atoms with Crippen molar-refractivity contribution in [2.45, 2.75) is 72.1 Å². The van der Waals surface area contributed by atoms with Crippen LogP contribution in [0.1, 0.15) is 54.4 Å². The number of carbonyl (C=O) groups excluding carboxylic acids is 2. The normalized spacial score (nSPS) is 18.0. The second kappa shape index (κ2) is 8.52. The van der Waals surface area contributed by atoms with Crippen molar-refractivity contribution in [3.63, 3.8) is 0 Å². The highest BCUT2D eigenvalue weighted by molar-refractivity contribution is 5.81. The number of nitrogens with one attached hydrogen (secondary N) is 2. The maximum atomic E-state index is 12.0. The van der Waals surface area contributed by atoms with Crippen LogP contribution in [-0.4, -0.2) is 54.2 Å². The van der Waals surface area contributed by atoms with E-state index in [4.69, 9.17) is 4.74 Å². The lowest BCUT2D eigenvalue weighted by Crippen LogP contribution is -2.52. The molecule has 0 aliphatic carbocycles. The first-order valence-corrected chi connectivity index (χ1v) is 8.60. The van der Waals surface area contributed by atoms with E-state index in [1.807, 2.05) is 27.7 Å². The lowest BCUT2D eigenvalue weighted by molar-refractivity contribution is -0.123. The Kier molecular flexibility index (Phi) is 7.32. The van der Waals surface area contributed by atoms with Crippen LogP contribution in [0.5, 0.6) is 0 Å². The van der Waals surface area contributed by atoms with E-state index in [2.05, 4.69) is 24.5 Å². The summed E-state index contributed by atoms with van der Waals surface area (Å²) in [4.78, 5) is 25.8. The average Bonchev–Trinajstić information content (AvgIpc) is 2.43. The van der Waals surface area contributed by atoms with Gasteiger partial charge in [-0.2, -0.15) is 0 Å². The summed E-state index contributed by atoms with van der Waals surface area (Å²) in [6.07, 6.45) is 1.42. The number of ether oxygens (including phenoxy) is 1. The van der Waals surface area contributed by atoms with Crippen LogP contribution in [0.3, 0.4) is 0 Å². The molecule has 1 fully saturated rings. The van der Waals surface area contributed by atoms with Crippen LogP contribution in [0.15, 0.2) is 0 Å². The molecule has 1 atom stereocenters. The second-order valence-corrected chi connectivity index (χ2v) is 7.77. The van der Waals surface area contributed by atoms with Crippen molar-refractivity contribution in [3.8, 4) is 0 Å². The Morgan fingerprint density at radius 3 is 2.22 bits per heavy atom. The van der Waals surface area contributed by atoms with Gasteiger partial charge in [-0.1, -0.05) is 13.8 Å². The molecule has 0 aromatic carbocycles. The molecule has 1 rings (SSSR count). The monoisotopic (exact) mass is 327 g/mol. The first-order chi connectivity index (χ1) is 10.6. The molecule has 0 spiro atoms. The molecule has 0 aromatic heterocycles. The minimum absolute atomic E-state index is 0.0354. The topological polar surface area (TPSA) is 70.7 Å². The SMILES string of the molecule is CC(C)CNC(=O)C(C)NC1CCN(C(=O)OC(C)(C)C)CC1. The highest BCUT2D eigenvalue weighted by atomic mass is 16.6. The van der Waals surface area contributed by atoms with Crippen LogP contribution >= 0.6 is 0 Å². The van der Waals surface area contributed by atoms with Crippen molar-refractivity contribution in [2.24, 2.45) is 5.92 Å². The fraction of sp³-hybridized carbons (Fsp3) is 0.882. The Bertz CT molecular complexity index is 396. The average molecular weight is 327 g/mol.